The molecule has 7 nitrogen and oxygen atoms in total. The second-order valence-corrected chi connectivity index (χ2v) is 6.45. The number of hydrogen-bond acceptors (Lipinski definition) is 5. The topological polar surface area (TPSA) is 90.8 Å². The molecule has 7 heteroatoms. The Labute approximate surface area is 135 Å². The van der Waals surface area contributed by atoms with Gasteiger partial charge in [-0.1, -0.05) is 6.07 Å². The van der Waals surface area contributed by atoms with Gasteiger partial charge in [-0.25, -0.2) is 4.79 Å². The Hall–Kier alpha value is -2.62. The number of carbonyl (C=O) groups is 1. The Morgan fingerprint density at radius 2 is 2.26 bits per heavy atom. The van der Waals surface area contributed by atoms with Crippen molar-refractivity contribution in [2.45, 2.75) is 51.3 Å². The maximum atomic E-state index is 12.6. The number of rotatable bonds is 2. The van der Waals surface area contributed by atoms with Crippen molar-refractivity contribution in [3.05, 3.63) is 47.0 Å². The Balaban J connectivity index is 2.34. The summed E-state index contributed by atoms with van der Waals surface area (Å²) in [5.74, 6) is -0.176. The lowest BCUT2D eigenvalue weighted by atomic mass is 10.1. The van der Waals surface area contributed by atoms with E-state index in [1.807, 2.05) is 6.07 Å². The lowest BCUT2D eigenvalue weighted by Crippen LogP contribution is -2.42. The smallest absolute Gasteiger partial charge is 0.411 e. The van der Waals surface area contributed by atoms with Gasteiger partial charge in [-0.2, -0.15) is 0 Å². The minimum Gasteiger partial charge on any atom is -0.504 e. The number of aliphatic hydroxyl groups is 1. The second-order valence-electron chi connectivity index (χ2n) is 6.45. The van der Waals surface area contributed by atoms with Crippen molar-refractivity contribution in [3.8, 4) is 0 Å². The molecule has 23 heavy (non-hydrogen) atoms. The van der Waals surface area contributed by atoms with Crippen molar-refractivity contribution in [2.75, 3.05) is 0 Å². The Kier molecular flexibility index (Phi) is 4.84. The summed E-state index contributed by atoms with van der Waals surface area (Å²) in [6.07, 6.45) is 4.97. The lowest BCUT2D eigenvalue weighted by Gasteiger charge is -2.31. The molecule has 0 bridgehead atoms. The van der Waals surface area contributed by atoms with E-state index in [-0.39, 0.29) is 11.8 Å². The van der Waals surface area contributed by atoms with Crippen LogP contribution in [0.3, 0.4) is 0 Å². The van der Waals surface area contributed by atoms with Gasteiger partial charge < -0.3 is 9.84 Å². The molecule has 0 spiro atoms. The van der Waals surface area contributed by atoms with Gasteiger partial charge in [-0.3, -0.25) is 9.88 Å². The van der Waals surface area contributed by atoms with Crippen LogP contribution in [0.5, 0.6) is 0 Å². The Morgan fingerprint density at radius 1 is 1.52 bits per heavy atom. The third kappa shape index (κ3) is 3.97. The first kappa shape index (κ1) is 16.7. The summed E-state index contributed by atoms with van der Waals surface area (Å²) in [4.78, 5) is 21.0. The number of nitrogens with zero attached hydrogens (tertiary/aromatic N) is 4. The zero-order valence-corrected chi connectivity index (χ0v) is 13.5. The molecule has 1 aliphatic heterocycles. The first-order chi connectivity index (χ1) is 10.8. The van der Waals surface area contributed by atoms with Gasteiger partial charge in [0.05, 0.1) is 6.04 Å². The van der Waals surface area contributed by atoms with E-state index in [1.54, 1.807) is 39.2 Å². The van der Waals surface area contributed by atoms with E-state index < -0.39 is 17.7 Å². The number of likely N-dealkylation sites (tertiary alicyclic amines) is 1. The maximum absolute atomic E-state index is 12.6. The van der Waals surface area contributed by atoms with E-state index in [9.17, 15) is 9.90 Å². The average molecular weight is 317 g/mol. The van der Waals surface area contributed by atoms with Gasteiger partial charge in [0, 0.05) is 12.4 Å². The molecule has 0 saturated carbocycles. The molecule has 1 aromatic heterocycles. The van der Waals surface area contributed by atoms with E-state index in [0.717, 1.165) is 11.8 Å². The van der Waals surface area contributed by atoms with E-state index in [0.29, 0.717) is 12.8 Å². The van der Waals surface area contributed by atoms with Crippen LogP contribution in [0.1, 0.15) is 45.2 Å². The summed E-state index contributed by atoms with van der Waals surface area (Å²) >= 11 is 0. The second kappa shape index (κ2) is 6.65. The Morgan fingerprint density at radius 3 is 2.83 bits per heavy atom. The highest BCUT2D eigenvalue weighted by Crippen LogP contribution is 2.39. The number of aromatic nitrogens is 1. The summed E-state index contributed by atoms with van der Waals surface area (Å²) in [6.45, 7) is 5.36. The molecule has 1 saturated heterocycles. The zero-order valence-electron chi connectivity index (χ0n) is 13.5. The first-order valence-electron chi connectivity index (χ1n) is 7.48. The number of carbonyl (C=O) groups excluding carboxylic acids is 1. The molecular weight excluding hydrogens is 296 g/mol. The average Bonchev–Trinajstić information content (AvgIpc) is 2.91. The minimum atomic E-state index is -0.648. The summed E-state index contributed by atoms with van der Waals surface area (Å²) in [6, 6.07) is 2.84. The number of amides is 1. The third-order valence-corrected chi connectivity index (χ3v) is 3.59. The summed E-state index contributed by atoms with van der Waals surface area (Å²) in [7, 11) is 0. The van der Waals surface area contributed by atoms with Crippen LogP contribution in [0.15, 0.2) is 36.5 Å². The number of aliphatic hydroxyl groups excluding tert-OH is 1. The molecule has 0 unspecified atom stereocenters. The van der Waals surface area contributed by atoms with Crippen molar-refractivity contribution in [1.29, 1.82) is 5.39 Å². The van der Waals surface area contributed by atoms with Crippen LogP contribution < -0.4 is 0 Å². The van der Waals surface area contributed by atoms with Crippen molar-refractivity contribution < 1.29 is 14.6 Å². The summed E-state index contributed by atoms with van der Waals surface area (Å²) in [5.41, 5.74) is 0.222. The van der Waals surface area contributed by atoms with Crippen LogP contribution in [-0.2, 0) is 4.74 Å². The van der Waals surface area contributed by atoms with Crippen molar-refractivity contribution >= 4 is 6.09 Å². The zero-order chi connectivity index (χ0) is 17.0. The predicted molar refractivity (Wildman–Crippen MR) is 83.9 cm³/mol. The van der Waals surface area contributed by atoms with Gasteiger partial charge in [-0.05, 0) is 45.2 Å². The van der Waals surface area contributed by atoms with Gasteiger partial charge in [0.25, 0.3) is 0 Å². The van der Waals surface area contributed by atoms with Crippen LogP contribution in [0.25, 0.3) is 4.98 Å². The number of pyridine rings is 1. The van der Waals surface area contributed by atoms with Crippen LogP contribution in [-0.4, -0.2) is 32.7 Å². The van der Waals surface area contributed by atoms with Crippen LogP contribution >= 0.6 is 0 Å². The maximum Gasteiger partial charge on any atom is 0.411 e. The highest BCUT2D eigenvalue weighted by atomic mass is 16.6. The van der Waals surface area contributed by atoms with Gasteiger partial charge in [0.15, 0.2) is 4.98 Å². The summed E-state index contributed by atoms with van der Waals surface area (Å²) in [5, 5.41) is 18.7. The first-order valence-corrected chi connectivity index (χ1v) is 7.48. The molecule has 0 aliphatic carbocycles. The molecule has 1 aromatic rings. The van der Waals surface area contributed by atoms with E-state index in [4.69, 9.17) is 10.1 Å². The van der Waals surface area contributed by atoms with Crippen LogP contribution in [0.2, 0.25) is 0 Å². The van der Waals surface area contributed by atoms with Gasteiger partial charge in [0.2, 0.25) is 11.2 Å². The number of hydrogen-bond donors (Lipinski definition) is 1. The van der Waals surface area contributed by atoms with Gasteiger partial charge >= 0.3 is 12.3 Å². The molecule has 1 fully saturated rings. The molecule has 1 aliphatic rings. The van der Waals surface area contributed by atoms with Gasteiger partial charge in [-0.15, -0.1) is 0 Å². The largest absolute Gasteiger partial charge is 0.504 e. The molecule has 122 valence electrons. The van der Waals surface area contributed by atoms with Crippen LogP contribution in [0.4, 0.5) is 4.79 Å². The molecular formula is C16H21N4O3+. The third-order valence-electron chi connectivity index (χ3n) is 3.59. The highest BCUT2D eigenvalue weighted by molar-refractivity contribution is 5.70. The fraction of sp³-hybridized carbons (Fsp3) is 0.500. The molecule has 0 radical (unpaired) electrons. The fourth-order valence-electron chi connectivity index (χ4n) is 2.72. The van der Waals surface area contributed by atoms with E-state index >= 15 is 0 Å². The van der Waals surface area contributed by atoms with E-state index in [2.05, 4.69) is 9.96 Å². The van der Waals surface area contributed by atoms with Crippen molar-refractivity contribution in [1.82, 2.24) is 9.88 Å². The Bertz CT molecular complexity index is 631. The summed E-state index contributed by atoms with van der Waals surface area (Å²) < 4.78 is 5.47. The molecule has 0 aromatic carbocycles. The molecule has 1 amide bonds. The molecule has 1 N–H and O–H groups in total. The number of ether oxygens (including phenoxy) is 1. The number of diazo groups is 1. The standard InChI is InChI=1S/C16H20N4O3/c1-16(2,3)23-15(22)20-12(11-5-4-8-18-9-11)6-7-13(20)14(21)10-19-17/h4-5,8-10,12-13H,6-7H2,1-3H3/p+1/b14-10-/t12-,13+/m1/s1. The van der Waals surface area contributed by atoms with Gasteiger partial charge in [0.1, 0.15) is 11.6 Å². The highest BCUT2D eigenvalue weighted by Gasteiger charge is 2.43. The predicted octanol–water partition coefficient (Wildman–Crippen LogP) is 3.77. The quantitative estimate of drug-likeness (QED) is 0.662. The van der Waals surface area contributed by atoms with Crippen LogP contribution in [0, 0.1) is 5.39 Å². The monoisotopic (exact) mass is 317 g/mol. The fourth-order valence-corrected chi connectivity index (χ4v) is 2.72. The van der Waals surface area contributed by atoms with E-state index in [1.165, 1.54) is 4.90 Å². The normalized spacial score (nSPS) is 21.8. The molecule has 2 heterocycles. The minimum absolute atomic E-state index is 0.176. The van der Waals surface area contributed by atoms with Crippen molar-refractivity contribution in [3.63, 3.8) is 0 Å². The lowest BCUT2D eigenvalue weighted by molar-refractivity contribution is 0.0140. The van der Waals surface area contributed by atoms with Crippen molar-refractivity contribution in [2.24, 2.45) is 0 Å². The molecule has 2 atom stereocenters. The molecule has 2 rings (SSSR count). The SMILES string of the molecule is CC(C)(C)OC(=O)N1[C@@H](c2cccnc2)CC[C@H]1/C(O)=C/[N+]#N.